The van der Waals surface area contributed by atoms with Crippen molar-refractivity contribution in [2.24, 2.45) is 0 Å². The number of carbonyl (C=O) groups is 1. The number of nitrogens with zero attached hydrogens (tertiary/aromatic N) is 3. The number of ether oxygens (including phenoxy) is 2. The van der Waals surface area contributed by atoms with Gasteiger partial charge in [0.15, 0.2) is 5.69 Å². The maximum atomic E-state index is 11.5. The number of hydrogen-bond acceptors (Lipinski definition) is 5. The lowest BCUT2D eigenvalue weighted by molar-refractivity contribution is 0.0519. The van der Waals surface area contributed by atoms with Gasteiger partial charge in [-0.1, -0.05) is 23.4 Å². The molecule has 19 heavy (non-hydrogen) atoms. The molecule has 1 aromatic heterocycles. The minimum absolute atomic E-state index is 0.205. The third-order valence-corrected chi connectivity index (χ3v) is 2.55. The fourth-order valence-corrected chi connectivity index (χ4v) is 1.68. The summed E-state index contributed by atoms with van der Waals surface area (Å²) in [6.45, 7) is 2.55. The van der Waals surface area contributed by atoms with E-state index in [-0.39, 0.29) is 5.69 Å². The molecule has 6 nitrogen and oxygen atoms in total. The first-order chi connectivity index (χ1) is 9.24. The van der Waals surface area contributed by atoms with Gasteiger partial charge in [0, 0.05) is 5.56 Å². The normalized spacial score (nSPS) is 10.2. The van der Waals surface area contributed by atoms with Crippen LogP contribution in [0.5, 0.6) is 5.75 Å². The summed E-state index contributed by atoms with van der Waals surface area (Å²) in [7, 11) is 1.62. The van der Waals surface area contributed by atoms with E-state index >= 15 is 0 Å². The molecule has 0 atom stereocenters. The maximum absolute atomic E-state index is 11.5. The highest BCUT2D eigenvalue weighted by molar-refractivity contribution is 5.86. The van der Waals surface area contributed by atoms with E-state index in [9.17, 15) is 4.79 Å². The molecule has 0 saturated carbocycles. The Kier molecular flexibility index (Phi) is 4.12. The molecular formula is C13H15N3O3. The third kappa shape index (κ3) is 3.09. The Labute approximate surface area is 110 Å². The van der Waals surface area contributed by atoms with Crippen LogP contribution in [-0.2, 0) is 11.3 Å². The summed E-state index contributed by atoms with van der Waals surface area (Å²) in [6.07, 6.45) is 1.56. The minimum atomic E-state index is -0.464. The average Bonchev–Trinajstić information content (AvgIpc) is 2.88. The second kappa shape index (κ2) is 5.99. The molecule has 1 heterocycles. The fraction of sp³-hybridized carbons (Fsp3) is 0.308. The van der Waals surface area contributed by atoms with E-state index < -0.39 is 5.97 Å². The van der Waals surface area contributed by atoms with Crippen LogP contribution in [0.2, 0.25) is 0 Å². The Balaban J connectivity index is 2.13. The van der Waals surface area contributed by atoms with Gasteiger partial charge >= 0.3 is 5.97 Å². The molecule has 1 aromatic carbocycles. The summed E-state index contributed by atoms with van der Waals surface area (Å²) >= 11 is 0. The number of carbonyl (C=O) groups excluding carboxylic acids is 1. The van der Waals surface area contributed by atoms with Crippen LogP contribution >= 0.6 is 0 Å². The van der Waals surface area contributed by atoms with Crippen molar-refractivity contribution in [3.05, 3.63) is 41.7 Å². The molecule has 0 spiro atoms. The highest BCUT2D eigenvalue weighted by atomic mass is 16.5. The lowest BCUT2D eigenvalue weighted by atomic mass is 10.2. The van der Waals surface area contributed by atoms with Gasteiger partial charge in [-0.15, -0.1) is 5.10 Å². The van der Waals surface area contributed by atoms with Crippen molar-refractivity contribution in [3.63, 3.8) is 0 Å². The lowest BCUT2D eigenvalue weighted by Crippen LogP contribution is -2.05. The van der Waals surface area contributed by atoms with Crippen molar-refractivity contribution >= 4 is 5.97 Å². The Morgan fingerprint density at radius 1 is 1.37 bits per heavy atom. The first kappa shape index (κ1) is 13.1. The van der Waals surface area contributed by atoms with Crippen molar-refractivity contribution in [1.29, 1.82) is 0 Å². The molecular weight excluding hydrogens is 246 g/mol. The van der Waals surface area contributed by atoms with Crippen LogP contribution < -0.4 is 4.74 Å². The van der Waals surface area contributed by atoms with E-state index in [1.165, 1.54) is 0 Å². The molecule has 0 aliphatic heterocycles. The van der Waals surface area contributed by atoms with Gasteiger partial charge in [-0.3, -0.25) is 0 Å². The van der Waals surface area contributed by atoms with E-state index in [2.05, 4.69) is 10.3 Å². The number of esters is 1. The monoisotopic (exact) mass is 261 g/mol. The summed E-state index contributed by atoms with van der Waals surface area (Å²) < 4.78 is 11.7. The highest BCUT2D eigenvalue weighted by Gasteiger charge is 2.12. The predicted molar refractivity (Wildman–Crippen MR) is 68.1 cm³/mol. The highest BCUT2D eigenvalue weighted by Crippen LogP contribution is 2.18. The number of methoxy groups -OCH3 is 1. The summed E-state index contributed by atoms with van der Waals surface area (Å²) in [4.78, 5) is 11.5. The van der Waals surface area contributed by atoms with Crippen LogP contribution in [0.25, 0.3) is 0 Å². The Hall–Kier alpha value is -2.37. The molecule has 0 unspecified atom stereocenters. The van der Waals surface area contributed by atoms with Crippen molar-refractivity contribution in [2.75, 3.05) is 13.7 Å². The fourth-order valence-electron chi connectivity index (χ4n) is 1.68. The number of para-hydroxylation sites is 1. The molecule has 2 rings (SSSR count). The van der Waals surface area contributed by atoms with Gasteiger partial charge in [0.05, 0.1) is 26.5 Å². The maximum Gasteiger partial charge on any atom is 0.360 e. The molecule has 0 fully saturated rings. The Bertz CT molecular complexity index is 566. The van der Waals surface area contributed by atoms with Crippen LogP contribution in [0.4, 0.5) is 0 Å². The third-order valence-electron chi connectivity index (χ3n) is 2.55. The van der Waals surface area contributed by atoms with Gasteiger partial charge in [0.25, 0.3) is 0 Å². The minimum Gasteiger partial charge on any atom is -0.496 e. The topological polar surface area (TPSA) is 66.2 Å². The summed E-state index contributed by atoms with van der Waals surface area (Å²) in [5.41, 5.74) is 1.17. The van der Waals surface area contributed by atoms with Crippen molar-refractivity contribution < 1.29 is 14.3 Å². The number of benzene rings is 1. The summed E-state index contributed by atoms with van der Waals surface area (Å²) in [6, 6.07) is 7.62. The van der Waals surface area contributed by atoms with Gasteiger partial charge in [-0.25, -0.2) is 9.48 Å². The second-order valence-corrected chi connectivity index (χ2v) is 3.83. The quantitative estimate of drug-likeness (QED) is 0.763. The van der Waals surface area contributed by atoms with E-state index in [1.807, 2.05) is 24.3 Å². The SMILES string of the molecule is CCOC(=O)c1cn(Cc2ccccc2OC)nn1. The molecule has 2 aromatic rings. The van der Waals surface area contributed by atoms with Gasteiger partial charge < -0.3 is 9.47 Å². The molecule has 0 saturated heterocycles. The van der Waals surface area contributed by atoms with Crippen LogP contribution in [0, 0.1) is 0 Å². The molecule has 0 amide bonds. The second-order valence-electron chi connectivity index (χ2n) is 3.83. The van der Waals surface area contributed by atoms with Gasteiger partial charge in [-0.05, 0) is 13.0 Å². The van der Waals surface area contributed by atoms with Gasteiger partial charge in [0.2, 0.25) is 0 Å². The van der Waals surface area contributed by atoms with E-state index in [0.717, 1.165) is 11.3 Å². The lowest BCUT2D eigenvalue weighted by Gasteiger charge is -2.07. The number of rotatable bonds is 5. The first-order valence-electron chi connectivity index (χ1n) is 5.93. The van der Waals surface area contributed by atoms with Crippen LogP contribution in [0.15, 0.2) is 30.5 Å². The molecule has 0 aliphatic rings. The molecule has 0 N–H and O–H groups in total. The van der Waals surface area contributed by atoms with E-state index in [0.29, 0.717) is 13.2 Å². The predicted octanol–water partition coefficient (Wildman–Crippen LogP) is 1.51. The molecule has 100 valence electrons. The Morgan fingerprint density at radius 3 is 2.89 bits per heavy atom. The van der Waals surface area contributed by atoms with Crippen molar-refractivity contribution in [3.8, 4) is 5.75 Å². The largest absolute Gasteiger partial charge is 0.496 e. The van der Waals surface area contributed by atoms with Gasteiger partial charge in [-0.2, -0.15) is 0 Å². The number of hydrogen-bond donors (Lipinski definition) is 0. The molecule has 0 aliphatic carbocycles. The van der Waals surface area contributed by atoms with Crippen LogP contribution in [-0.4, -0.2) is 34.7 Å². The van der Waals surface area contributed by atoms with E-state index in [1.54, 1.807) is 24.9 Å². The summed E-state index contributed by atoms with van der Waals surface area (Å²) in [5, 5.41) is 7.68. The zero-order chi connectivity index (χ0) is 13.7. The van der Waals surface area contributed by atoms with E-state index in [4.69, 9.17) is 9.47 Å². The standard InChI is InChI=1S/C13H15N3O3/c1-3-19-13(17)11-9-16(15-14-11)8-10-6-4-5-7-12(10)18-2/h4-7,9H,3,8H2,1-2H3. The average molecular weight is 261 g/mol. The Morgan fingerprint density at radius 2 is 2.16 bits per heavy atom. The van der Waals surface area contributed by atoms with Gasteiger partial charge in [0.1, 0.15) is 5.75 Å². The van der Waals surface area contributed by atoms with Crippen molar-refractivity contribution in [2.45, 2.75) is 13.5 Å². The molecule has 0 radical (unpaired) electrons. The molecule has 0 bridgehead atoms. The summed E-state index contributed by atoms with van der Waals surface area (Å²) in [5.74, 6) is 0.310. The first-order valence-corrected chi connectivity index (χ1v) is 5.93. The van der Waals surface area contributed by atoms with Crippen LogP contribution in [0.1, 0.15) is 23.0 Å². The zero-order valence-corrected chi connectivity index (χ0v) is 10.9. The zero-order valence-electron chi connectivity index (χ0n) is 10.9. The van der Waals surface area contributed by atoms with Crippen LogP contribution in [0.3, 0.4) is 0 Å². The smallest absolute Gasteiger partial charge is 0.360 e. The van der Waals surface area contributed by atoms with Crippen molar-refractivity contribution in [1.82, 2.24) is 15.0 Å². The molecule has 6 heteroatoms. The number of aromatic nitrogens is 3.